The molecular weight excluding hydrogens is 675 g/mol. The molecule has 7 heteroatoms. The van der Waals surface area contributed by atoms with Crippen molar-refractivity contribution >= 4 is 17.9 Å². The molecule has 1 unspecified atom stereocenters. The van der Waals surface area contributed by atoms with Gasteiger partial charge < -0.3 is 19.5 Å². The summed E-state index contributed by atoms with van der Waals surface area (Å²) in [5.74, 6) is -0.979. The average Bonchev–Trinajstić information content (AvgIpc) is 3.14. The number of rotatable bonds is 25. The van der Waals surface area contributed by atoms with Crippen LogP contribution in [0.1, 0.15) is 180 Å². The minimum absolute atomic E-state index is 0.135. The molecular formula is C47H67NO6. The maximum absolute atomic E-state index is 13.2. The minimum Gasteiger partial charge on any atom is -0.457 e. The number of hydrogen-bond acceptors (Lipinski definition) is 7. The number of esters is 3. The number of carbonyl (C=O) groups excluding carboxylic acids is 3. The van der Waals surface area contributed by atoms with Gasteiger partial charge in [0.2, 0.25) is 0 Å². The fourth-order valence-corrected chi connectivity index (χ4v) is 6.26. The molecule has 0 aromatic heterocycles. The third-order valence-electron chi connectivity index (χ3n) is 9.67. The third kappa shape index (κ3) is 17.9. The number of unbranched alkanes of at least 4 members (excludes halogenated alkanes) is 14. The molecule has 0 spiro atoms. The maximum atomic E-state index is 13.2. The molecule has 1 N–H and O–H groups in total. The van der Waals surface area contributed by atoms with Crippen LogP contribution in [-0.2, 0) is 20.9 Å². The van der Waals surface area contributed by atoms with Crippen LogP contribution >= 0.6 is 0 Å². The first kappa shape index (κ1) is 44.4. The van der Waals surface area contributed by atoms with E-state index in [0.717, 1.165) is 30.4 Å². The largest absolute Gasteiger partial charge is 0.457 e. The predicted octanol–water partition coefficient (Wildman–Crippen LogP) is 12.1. The number of hydrogen-bond donors (Lipinski definition) is 1. The van der Waals surface area contributed by atoms with Crippen LogP contribution < -0.4 is 10.1 Å². The second kappa shape index (κ2) is 24.4. The lowest BCUT2D eigenvalue weighted by atomic mass is 10.0. The van der Waals surface area contributed by atoms with Gasteiger partial charge in [0.25, 0.3) is 0 Å². The Morgan fingerprint density at radius 1 is 0.630 bits per heavy atom. The van der Waals surface area contributed by atoms with E-state index < -0.39 is 18.0 Å². The summed E-state index contributed by atoms with van der Waals surface area (Å²) in [6.07, 6.45) is 18.8. The number of aryl methyl sites for hydroxylation is 2. The summed E-state index contributed by atoms with van der Waals surface area (Å²) in [4.78, 5) is 39.3. The molecule has 0 fully saturated rings. The molecule has 0 aliphatic rings. The maximum Gasteiger partial charge on any atom is 0.343 e. The van der Waals surface area contributed by atoms with E-state index in [1.165, 1.54) is 77.0 Å². The van der Waals surface area contributed by atoms with Crippen molar-refractivity contribution in [2.24, 2.45) is 0 Å². The van der Waals surface area contributed by atoms with Crippen LogP contribution in [0.4, 0.5) is 0 Å². The first-order valence-corrected chi connectivity index (χ1v) is 20.5. The van der Waals surface area contributed by atoms with Crippen LogP contribution in [0.25, 0.3) is 0 Å². The van der Waals surface area contributed by atoms with Gasteiger partial charge in [-0.2, -0.15) is 0 Å². The van der Waals surface area contributed by atoms with Crippen LogP contribution in [0.15, 0.2) is 66.7 Å². The average molecular weight is 742 g/mol. The number of carbonyl (C=O) groups is 3. The Morgan fingerprint density at radius 3 is 1.61 bits per heavy atom. The van der Waals surface area contributed by atoms with Crippen molar-refractivity contribution in [3.63, 3.8) is 0 Å². The second-order valence-corrected chi connectivity index (χ2v) is 15.9. The minimum atomic E-state index is -0.596. The SMILES string of the molecule is CCCCCCCCCCCCCCCCCC(=O)OC(CNC(C)(C)C)c1ccc(OC(=O)c2ccc(C)cc2)c(COC(=O)c2ccc(C)cc2)c1. The fraction of sp³-hybridized carbons (Fsp3) is 0.553. The van der Waals surface area contributed by atoms with Gasteiger partial charge in [-0.05, 0) is 83.0 Å². The molecule has 0 saturated carbocycles. The molecule has 3 aromatic rings. The molecule has 0 radical (unpaired) electrons. The molecule has 1 atom stereocenters. The molecule has 0 aliphatic heterocycles. The molecule has 0 aliphatic carbocycles. The lowest BCUT2D eigenvalue weighted by Crippen LogP contribution is -2.39. The first-order valence-electron chi connectivity index (χ1n) is 20.5. The summed E-state index contributed by atoms with van der Waals surface area (Å²) in [7, 11) is 0. The molecule has 296 valence electrons. The Hall–Kier alpha value is -3.97. The quantitative estimate of drug-likeness (QED) is 0.0525. The van der Waals surface area contributed by atoms with Crippen molar-refractivity contribution in [3.05, 3.63) is 100 Å². The molecule has 7 nitrogen and oxygen atoms in total. The van der Waals surface area contributed by atoms with E-state index in [4.69, 9.17) is 14.2 Å². The highest BCUT2D eigenvalue weighted by Gasteiger charge is 2.23. The number of ether oxygens (including phenoxy) is 3. The Morgan fingerprint density at radius 2 is 1.11 bits per heavy atom. The van der Waals surface area contributed by atoms with Crippen molar-refractivity contribution in [2.75, 3.05) is 6.54 Å². The summed E-state index contributed by atoms with van der Waals surface area (Å²) in [6.45, 7) is 12.6. The van der Waals surface area contributed by atoms with Crippen molar-refractivity contribution in [1.29, 1.82) is 0 Å². The van der Waals surface area contributed by atoms with E-state index in [9.17, 15) is 14.4 Å². The van der Waals surface area contributed by atoms with E-state index in [-0.39, 0.29) is 23.9 Å². The molecule has 0 amide bonds. The van der Waals surface area contributed by atoms with Crippen LogP contribution in [0, 0.1) is 13.8 Å². The zero-order chi connectivity index (χ0) is 39.2. The Labute approximate surface area is 326 Å². The van der Waals surface area contributed by atoms with Gasteiger partial charge in [-0.15, -0.1) is 0 Å². The third-order valence-corrected chi connectivity index (χ3v) is 9.67. The Kier molecular flexibility index (Phi) is 20.1. The first-order chi connectivity index (χ1) is 25.9. The lowest BCUT2D eigenvalue weighted by molar-refractivity contribution is -0.149. The van der Waals surface area contributed by atoms with Crippen LogP contribution in [0.2, 0.25) is 0 Å². The molecule has 54 heavy (non-hydrogen) atoms. The summed E-state index contributed by atoms with van der Waals surface area (Å²) in [5.41, 5.74) is 3.90. The van der Waals surface area contributed by atoms with Gasteiger partial charge in [0.05, 0.1) is 11.1 Å². The molecule has 0 saturated heterocycles. The summed E-state index contributed by atoms with van der Waals surface area (Å²) in [5, 5.41) is 3.47. The van der Waals surface area contributed by atoms with E-state index in [2.05, 4.69) is 33.0 Å². The van der Waals surface area contributed by atoms with E-state index in [1.807, 2.05) is 38.1 Å². The number of benzene rings is 3. The normalized spacial score (nSPS) is 12.0. The van der Waals surface area contributed by atoms with E-state index in [0.29, 0.717) is 35.2 Å². The van der Waals surface area contributed by atoms with Gasteiger partial charge >= 0.3 is 17.9 Å². The highest BCUT2D eigenvalue weighted by atomic mass is 16.6. The number of nitrogens with one attached hydrogen (secondary N) is 1. The summed E-state index contributed by atoms with van der Waals surface area (Å²) < 4.78 is 17.6. The van der Waals surface area contributed by atoms with Crippen LogP contribution in [0.3, 0.4) is 0 Å². The highest BCUT2D eigenvalue weighted by Crippen LogP contribution is 2.28. The van der Waals surface area contributed by atoms with Gasteiger partial charge in [-0.1, -0.05) is 138 Å². The molecule has 3 aromatic carbocycles. The molecule has 0 bridgehead atoms. The van der Waals surface area contributed by atoms with Gasteiger partial charge in [0, 0.05) is 24.1 Å². The van der Waals surface area contributed by atoms with Crippen molar-refractivity contribution < 1.29 is 28.6 Å². The van der Waals surface area contributed by atoms with E-state index >= 15 is 0 Å². The topological polar surface area (TPSA) is 90.9 Å². The van der Waals surface area contributed by atoms with E-state index in [1.54, 1.807) is 42.5 Å². The standard InChI is InChI=1S/C47H67NO6/c1-7-8-9-10-11-12-13-14-15-16-17-18-19-20-21-22-44(49)53-43(34-48-47(4,5)6)40-31-32-42(54-46(51)39-29-25-37(3)26-30-39)41(33-40)35-52-45(50)38-27-23-36(2)24-28-38/h23-33,43,48H,7-22,34-35H2,1-6H3. The molecule has 3 rings (SSSR count). The lowest BCUT2D eigenvalue weighted by Gasteiger charge is -2.26. The Balaban J connectivity index is 1.59. The zero-order valence-electron chi connectivity index (χ0n) is 34.1. The van der Waals surface area contributed by atoms with Gasteiger partial charge in [0.15, 0.2) is 0 Å². The smallest absolute Gasteiger partial charge is 0.343 e. The van der Waals surface area contributed by atoms with Crippen LogP contribution in [-0.4, -0.2) is 30.0 Å². The summed E-state index contributed by atoms with van der Waals surface area (Å²) in [6, 6.07) is 19.6. The fourth-order valence-electron chi connectivity index (χ4n) is 6.26. The van der Waals surface area contributed by atoms with Crippen molar-refractivity contribution in [1.82, 2.24) is 5.32 Å². The zero-order valence-corrected chi connectivity index (χ0v) is 34.1. The van der Waals surface area contributed by atoms with Gasteiger partial charge in [-0.25, -0.2) is 9.59 Å². The van der Waals surface area contributed by atoms with Gasteiger partial charge in [-0.3, -0.25) is 4.79 Å². The van der Waals surface area contributed by atoms with Crippen molar-refractivity contribution in [3.8, 4) is 5.75 Å². The molecule has 0 heterocycles. The summed E-state index contributed by atoms with van der Waals surface area (Å²) >= 11 is 0. The Bertz CT molecular complexity index is 1540. The monoisotopic (exact) mass is 741 g/mol. The van der Waals surface area contributed by atoms with Crippen LogP contribution in [0.5, 0.6) is 5.75 Å². The highest BCUT2D eigenvalue weighted by molar-refractivity contribution is 5.91. The van der Waals surface area contributed by atoms with Gasteiger partial charge in [0.1, 0.15) is 18.5 Å². The second-order valence-electron chi connectivity index (χ2n) is 15.9. The van der Waals surface area contributed by atoms with Crippen molar-refractivity contribution in [2.45, 2.75) is 163 Å². The predicted molar refractivity (Wildman–Crippen MR) is 219 cm³/mol.